The topological polar surface area (TPSA) is 64.2 Å². The molecule has 0 radical (unpaired) electrons. The molecule has 2 aromatic rings. The zero-order valence-corrected chi connectivity index (χ0v) is 11.1. The summed E-state index contributed by atoms with van der Waals surface area (Å²) >= 11 is 3.37. The van der Waals surface area contributed by atoms with Crippen molar-refractivity contribution in [2.45, 2.75) is 12.5 Å². The number of halogens is 1. The van der Waals surface area contributed by atoms with Crippen molar-refractivity contribution in [1.82, 2.24) is 19.8 Å². The molecular formula is C11H11BrN4O2. The average molecular weight is 311 g/mol. The van der Waals surface area contributed by atoms with Gasteiger partial charge in [-0.1, -0.05) is 5.16 Å². The SMILES string of the molecule is O=C(c1ccno1)N1CCC(n2cc(Br)cn2)C1. The predicted molar refractivity (Wildman–Crippen MR) is 66.0 cm³/mol. The molecule has 3 rings (SSSR count). The molecule has 1 unspecified atom stereocenters. The Hall–Kier alpha value is -1.63. The molecule has 0 N–H and O–H groups in total. The quantitative estimate of drug-likeness (QED) is 0.847. The molecule has 0 saturated carbocycles. The first-order valence-electron chi connectivity index (χ1n) is 5.63. The number of hydrogen-bond acceptors (Lipinski definition) is 4. The van der Waals surface area contributed by atoms with E-state index in [0.29, 0.717) is 13.1 Å². The minimum absolute atomic E-state index is 0.110. The van der Waals surface area contributed by atoms with Crippen molar-refractivity contribution < 1.29 is 9.32 Å². The Labute approximate surface area is 112 Å². The number of carbonyl (C=O) groups is 1. The van der Waals surface area contributed by atoms with Crippen LogP contribution in [0.2, 0.25) is 0 Å². The van der Waals surface area contributed by atoms with Gasteiger partial charge in [0, 0.05) is 25.4 Å². The number of aromatic nitrogens is 3. The molecule has 18 heavy (non-hydrogen) atoms. The van der Waals surface area contributed by atoms with Crippen LogP contribution >= 0.6 is 15.9 Å². The van der Waals surface area contributed by atoms with Gasteiger partial charge in [-0.25, -0.2) is 0 Å². The Bertz CT molecular complexity index is 551. The lowest BCUT2D eigenvalue weighted by Crippen LogP contribution is -2.28. The van der Waals surface area contributed by atoms with Crippen molar-refractivity contribution in [1.29, 1.82) is 0 Å². The van der Waals surface area contributed by atoms with E-state index in [1.54, 1.807) is 17.2 Å². The minimum atomic E-state index is -0.110. The summed E-state index contributed by atoms with van der Waals surface area (Å²) in [5.41, 5.74) is 0. The fourth-order valence-electron chi connectivity index (χ4n) is 2.14. The van der Waals surface area contributed by atoms with E-state index in [1.165, 1.54) is 6.20 Å². The van der Waals surface area contributed by atoms with Crippen molar-refractivity contribution in [3.63, 3.8) is 0 Å². The van der Waals surface area contributed by atoms with Gasteiger partial charge < -0.3 is 9.42 Å². The van der Waals surface area contributed by atoms with Crippen LogP contribution in [0.4, 0.5) is 0 Å². The van der Waals surface area contributed by atoms with Gasteiger partial charge in [-0.15, -0.1) is 0 Å². The maximum absolute atomic E-state index is 12.0. The van der Waals surface area contributed by atoms with Crippen molar-refractivity contribution in [2.24, 2.45) is 0 Å². The summed E-state index contributed by atoms with van der Waals surface area (Å²) in [6, 6.07) is 1.81. The van der Waals surface area contributed by atoms with Crippen LogP contribution in [0, 0.1) is 0 Å². The molecule has 94 valence electrons. The molecule has 2 aromatic heterocycles. The molecule has 3 heterocycles. The monoisotopic (exact) mass is 310 g/mol. The predicted octanol–water partition coefficient (Wildman–Crippen LogP) is 1.72. The second-order valence-corrected chi connectivity index (χ2v) is 5.12. The molecule has 0 aliphatic carbocycles. The van der Waals surface area contributed by atoms with Crippen molar-refractivity contribution in [3.8, 4) is 0 Å². The highest BCUT2D eigenvalue weighted by Crippen LogP contribution is 2.23. The van der Waals surface area contributed by atoms with E-state index in [0.717, 1.165) is 10.9 Å². The van der Waals surface area contributed by atoms with Gasteiger partial charge in [0.15, 0.2) is 0 Å². The third-order valence-electron chi connectivity index (χ3n) is 3.04. The molecule has 1 amide bonds. The van der Waals surface area contributed by atoms with Crippen LogP contribution < -0.4 is 0 Å². The lowest BCUT2D eigenvalue weighted by Gasteiger charge is -2.14. The summed E-state index contributed by atoms with van der Waals surface area (Å²) in [4.78, 5) is 13.8. The van der Waals surface area contributed by atoms with Gasteiger partial charge >= 0.3 is 0 Å². The summed E-state index contributed by atoms with van der Waals surface area (Å²) in [5, 5.41) is 7.80. The molecule has 1 atom stereocenters. The largest absolute Gasteiger partial charge is 0.351 e. The summed E-state index contributed by atoms with van der Waals surface area (Å²) in [6.45, 7) is 1.36. The van der Waals surface area contributed by atoms with Crippen LogP contribution in [-0.4, -0.2) is 38.8 Å². The summed E-state index contributed by atoms with van der Waals surface area (Å²) in [5.74, 6) is 0.179. The zero-order chi connectivity index (χ0) is 12.5. The standard InChI is InChI=1S/C11H11BrN4O2/c12-8-5-13-16(6-8)9-2-4-15(7-9)11(17)10-1-3-14-18-10/h1,3,5-6,9H,2,4,7H2. The fraction of sp³-hybridized carbons (Fsp3) is 0.364. The fourth-order valence-corrected chi connectivity index (χ4v) is 2.44. The van der Waals surface area contributed by atoms with E-state index < -0.39 is 0 Å². The van der Waals surface area contributed by atoms with Crippen LogP contribution in [0.25, 0.3) is 0 Å². The Morgan fingerprint density at radius 3 is 3.11 bits per heavy atom. The molecular weight excluding hydrogens is 300 g/mol. The third kappa shape index (κ3) is 2.05. The maximum atomic E-state index is 12.0. The number of nitrogens with zero attached hydrogens (tertiary/aromatic N) is 4. The van der Waals surface area contributed by atoms with Gasteiger partial charge in [0.1, 0.15) is 0 Å². The van der Waals surface area contributed by atoms with E-state index in [-0.39, 0.29) is 17.7 Å². The van der Waals surface area contributed by atoms with Crippen LogP contribution in [-0.2, 0) is 0 Å². The van der Waals surface area contributed by atoms with Crippen molar-refractivity contribution >= 4 is 21.8 Å². The van der Waals surface area contributed by atoms with E-state index in [2.05, 4.69) is 26.2 Å². The Kier molecular flexibility index (Phi) is 2.91. The summed E-state index contributed by atoms with van der Waals surface area (Å²) in [6.07, 6.45) is 6.05. The lowest BCUT2D eigenvalue weighted by atomic mass is 10.3. The smallest absolute Gasteiger partial charge is 0.292 e. The number of hydrogen-bond donors (Lipinski definition) is 0. The van der Waals surface area contributed by atoms with Crippen LogP contribution in [0.15, 0.2) is 33.7 Å². The van der Waals surface area contributed by atoms with Crippen LogP contribution in [0.1, 0.15) is 23.0 Å². The summed E-state index contributed by atoms with van der Waals surface area (Å²) < 4.78 is 7.72. The van der Waals surface area contributed by atoms with Crippen LogP contribution in [0.3, 0.4) is 0 Å². The van der Waals surface area contributed by atoms with Gasteiger partial charge in [0.25, 0.3) is 5.91 Å². The van der Waals surface area contributed by atoms with Gasteiger partial charge in [0.05, 0.1) is 22.9 Å². The van der Waals surface area contributed by atoms with E-state index in [4.69, 9.17) is 4.52 Å². The highest BCUT2D eigenvalue weighted by molar-refractivity contribution is 9.10. The molecule has 0 spiro atoms. The van der Waals surface area contributed by atoms with Gasteiger partial charge in [-0.2, -0.15) is 5.10 Å². The summed E-state index contributed by atoms with van der Waals surface area (Å²) in [7, 11) is 0. The number of carbonyl (C=O) groups excluding carboxylic acids is 1. The van der Waals surface area contributed by atoms with E-state index >= 15 is 0 Å². The number of amides is 1. The first kappa shape index (κ1) is 11.5. The van der Waals surface area contributed by atoms with Crippen LogP contribution in [0.5, 0.6) is 0 Å². The molecule has 1 fully saturated rings. The van der Waals surface area contributed by atoms with E-state index in [1.807, 2.05) is 10.9 Å². The molecule has 0 aromatic carbocycles. The first-order chi connectivity index (χ1) is 8.74. The van der Waals surface area contributed by atoms with E-state index in [9.17, 15) is 4.79 Å². The molecule has 1 saturated heterocycles. The highest BCUT2D eigenvalue weighted by atomic mass is 79.9. The minimum Gasteiger partial charge on any atom is -0.351 e. The molecule has 7 heteroatoms. The normalized spacial score (nSPS) is 19.4. The molecule has 1 aliphatic rings. The number of likely N-dealkylation sites (tertiary alicyclic amines) is 1. The molecule has 0 bridgehead atoms. The zero-order valence-electron chi connectivity index (χ0n) is 9.49. The average Bonchev–Trinajstić information content (AvgIpc) is 3.09. The van der Waals surface area contributed by atoms with Crippen molar-refractivity contribution in [2.75, 3.05) is 13.1 Å². The Balaban J connectivity index is 1.70. The van der Waals surface area contributed by atoms with Gasteiger partial charge in [0.2, 0.25) is 5.76 Å². The van der Waals surface area contributed by atoms with Gasteiger partial charge in [-0.3, -0.25) is 9.48 Å². The van der Waals surface area contributed by atoms with Gasteiger partial charge in [-0.05, 0) is 22.4 Å². The maximum Gasteiger partial charge on any atom is 0.292 e. The highest BCUT2D eigenvalue weighted by Gasteiger charge is 2.29. The number of rotatable bonds is 2. The third-order valence-corrected chi connectivity index (χ3v) is 3.45. The lowest BCUT2D eigenvalue weighted by molar-refractivity contribution is 0.0745. The molecule has 1 aliphatic heterocycles. The second kappa shape index (κ2) is 4.56. The first-order valence-corrected chi connectivity index (χ1v) is 6.43. The Morgan fingerprint density at radius 1 is 1.56 bits per heavy atom. The Morgan fingerprint density at radius 2 is 2.44 bits per heavy atom. The molecule has 6 nitrogen and oxygen atoms in total. The van der Waals surface area contributed by atoms with Crippen molar-refractivity contribution in [3.05, 3.63) is 34.9 Å². The second-order valence-electron chi connectivity index (χ2n) is 4.21.